The third-order valence-corrected chi connectivity index (χ3v) is 6.95. The highest BCUT2D eigenvalue weighted by atomic mass is 32.2. The molecule has 0 bridgehead atoms. The summed E-state index contributed by atoms with van der Waals surface area (Å²) in [7, 11) is -3.71. The molecule has 7 nitrogen and oxygen atoms in total. The molecule has 3 aromatic rings. The summed E-state index contributed by atoms with van der Waals surface area (Å²) < 4.78 is 39.6. The number of hydrogen-bond acceptors (Lipinski definition) is 5. The lowest BCUT2D eigenvalue weighted by Crippen LogP contribution is -2.31. The molecule has 4 rings (SSSR count). The number of aromatic nitrogens is 2. The Morgan fingerprint density at radius 1 is 1.10 bits per heavy atom. The first-order valence-corrected chi connectivity index (χ1v) is 11.3. The van der Waals surface area contributed by atoms with E-state index in [1.807, 2.05) is 38.1 Å². The monoisotopic (exact) mass is 415 g/mol. The number of aromatic amines is 1. The fourth-order valence-electron chi connectivity index (χ4n) is 3.76. The van der Waals surface area contributed by atoms with Crippen LogP contribution >= 0.6 is 0 Å². The minimum Gasteiger partial charge on any atom is -0.490 e. The largest absolute Gasteiger partial charge is 0.490 e. The number of nitrogens with zero attached hydrogens (tertiary/aromatic N) is 2. The normalized spacial score (nSPS) is 17.7. The van der Waals surface area contributed by atoms with Gasteiger partial charge in [-0.05, 0) is 51.0 Å². The van der Waals surface area contributed by atoms with Crippen molar-refractivity contribution in [1.29, 1.82) is 0 Å². The van der Waals surface area contributed by atoms with Crippen molar-refractivity contribution in [3.63, 3.8) is 0 Å². The molecule has 0 saturated carbocycles. The summed E-state index contributed by atoms with van der Waals surface area (Å²) in [5, 5.41) is 0. The van der Waals surface area contributed by atoms with E-state index in [4.69, 9.17) is 9.47 Å². The maximum atomic E-state index is 13.4. The summed E-state index contributed by atoms with van der Waals surface area (Å²) in [6, 6.07) is 12.2. The second kappa shape index (κ2) is 8.04. The molecule has 8 heteroatoms. The lowest BCUT2D eigenvalue weighted by atomic mass is 10.2. The molecule has 1 aliphatic rings. The Morgan fingerprint density at radius 2 is 1.86 bits per heavy atom. The predicted molar refractivity (Wildman–Crippen MR) is 111 cm³/mol. The van der Waals surface area contributed by atoms with Gasteiger partial charge in [-0.1, -0.05) is 12.1 Å². The van der Waals surface area contributed by atoms with E-state index in [1.54, 1.807) is 18.2 Å². The Hall–Kier alpha value is -2.58. The van der Waals surface area contributed by atoms with Crippen molar-refractivity contribution in [2.45, 2.75) is 37.6 Å². The minimum atomic E-state index is -3.71. The van der Waals surface area contributed by atoms with Crippen molar-refractivity contribution in [3.8, 4) is 11.5 Å². The van der Waals surface area contributed by atoms with Gasteiger partial charge >= 0.3 is 0 Å². The predicted octanol–water partition coefficient (Wildman–Crippen LogP) is 3.89. The van der Waals surface area contributed by atoms with E-state index in [2.05, 4.69) is 9.97 Å². The summed E-state index contributed by atoms with van der Waals surface area (Å²) in [5.74, 6) is 1.67. The van der Waals surface area contributed by atoms with Gasteiger partial charge in [0.1, 0.15) is 5.82 Å². The summed E-state index contributed by atoms with van der Waals surface area (Å²) in [4.78, 5) is 8.12. The van der Waals surface area contributed by atoms with E-state index in [-0.39, 0.29) is 10.9 Å². The second-order valence-corrected chi connectivity index (χ2v) is 8.78. The highest BCUT2D eigenvalue weighted by molar-refractivity contribution is 7.89. The zero-order chi connectivity index (χ0) is 20.4. The first kappa shape index (κ1) is 19.7. The minimum absolute atomic E-state index is 0.201. The molecule has 1 atom stereocenters. The lowest BCUT2D eigenvalue weighted by Gasteiger charge is -2.23. The average Bonchev–Trinajstić information content (AvgIpc) is 3.36. The molecular weight excluding hydrogens is 390 g/mol. The molecule has 0 amide bonds. The fraction of sp³-hybridized carbons (Fsp3) is 0.381. The SMILES string of the molecule is CCOc1ccc(S(=O)(=O)N2CCC[C@H]2c2nc3ccccc3[nH]2)cc1OCC. The van der Waals surface area contributed by atoms with Crippen LogP contribution in [0.2, 0.25) is 0 Å². The molecule has 1 saturated heterocycles. The third kappa shape index (κ3) is 3.70. The van der Waals surface area contributed by atoms with E-state index in [0.29, 0.717) is 37.1 Å². The van der Waals surface area contributed by atoms with Crippen LogP contribution < -0.4 is 9.47 Å². The van der Waals surface area contributed by atoms with Gasteiger partial charge in [0.25, 0.3) is 0 Å². The van der Waals surface area contributed by atoms with Crippen molar-refractivity contribution in [2.75, 3.05) is 19.8 Å². The van der Waals surface area contributed by atoms with E-state index < -0.39 is 10.0 Å². The molecule has 1 aromatic heterocycles. The van der Waals surface area contributed by atoms with Gasteiger partial charge < -0.3 is 14.5 Å². The number of sulfonamides is 1. The van der Waals surface area contributed by atoms with Crippen molar-refractivity contribution < 1.29 is 17.9 Å². The number of rotatable bonds is 7. The van der Waals surface area contributed by atoms with Gasteiger partial charge in [0, 0.05) is 12.6 Å². The smallest absolute Gasteiger partial charge is 0.243 e. The van der Waals surface area contributed by atoms with Gasteiger partial charge in [0.05, 0.1) is 35.2 Å². The number of hydrogen-bond donors (Lipinski definition) is 1. The van der Waals surface area contributed by atoms with Gasteiger partial charge in [-0.15, -0.1) is 0 Å². The van der Waals surface area contributed by atoms with Crippen LogP contribution in [0.1, 0.15) is 38.6 Å². The number of para-hydroxylation sites is 2. The maximum Gasteiger partial charge on any atom is 0.243 e. The third-order valence-electron chi connectivity index (χ3n) is 5.05. The van der Waals surface area contributed by atoms with E-state index in [0.717, 1.165) is 23.9 Å². The Labute approximate surface area is 170 Å². The number of benzene rings is 2. The maximum absolute atomic E-state index is 13.4. The number of ether oxygens (including phenoxy) is 2. The Balaban J connectivity index is 1.69. The molecule has 0 radical (unpaired) electrons. The van der Waals surface area contributed by atoms with Gasteiger partial charge in [0.2, 0.25) is 10.0 Å². The zero-order valence-corrected chi connectivity index (χ0v) is 17.4. The zero-order valence-electron chi connectivity index (χ0n) is 16.6. The van der Waals surface area contributed by atoms with E-state index in [1.165, 1.54) is 4.31 Å². The van der Waals surface area contributed by atoms with Crippen molar-refractivity contribution in [3.05, 3.63) is 48.3 Å². The summed E-state index contributed by atoms with van der Waals surface area (Å²) in [5.41, 5.74) is 1.75. The average molecular weight is 416 g/mol. The molecular formula is C21H25N3O4S. The van der Waals surface area contributed by atoms with Gasteiger partial charge in [-0.2, -0.15) is 4.31 Å². The Morgan fingerprint density at radius 3 is 2.62 bits per heavy atom. The summed E-state index contributed by atoms with van der Waals surface area (Å²) >= 11 is 0. The van der Waals surface area contributed by atoms with Crippen LogP contribution in [0.5, 0.6) is 11.5 Å². The molecule has 2 heterocycles. The molecule has 0 aliphatic carbocycles. The van der Waals surface area contributed by atoms with Crippen LogP contribution in [0.3, 0.4) is 0 Å². The molecule has 1 aliphatic heterocycles. The van der Waals surface area contributed by atoms with Crippen molar-refractivity contribution >= 4 is 21.1 Å². The van der Waals surface area contributed by atoms with Gasteiger partial charge in [-0.3, -0.25) is 0 Å². The molecule has 29 heavy (non-hydrogen) atoms. The quantitative estimate of drug-likeness (QED) is 0.633. The highest BCUT2D eigenvalue weighted by Gasteiger charge is 2.38. The molecule has 0 spiro atoms. The number of H-pyrrole nitrogens is 1. The van der Waals surface area contributed by atoms with Crippen molar-refractivity contribution in [1.82, 2.24) is 14.3 Å². The molecule has 154 valence electrons. The number of nitrogens with one attached hydrogen (secondary N) is 1. The summed E-state index contributed by atoms with van der Waals surface area (Å²) in [6.07, 6.45) is 1.52. The van der Waals surface area contributed by atoms with E-state index in [9.17, 15) is 8.42 Å². The molecule has 1 fully saturated rings. The van der Waals surface area contributed by atoms with Gasteiger partial charge in [-0.25, -0.2) is 13.4 Å². The first-order valence-electron chi connectivity index (χ1n) is 9.90. The lowest BCUT2D eigenvalue weighted by molar-refractivity contribution is 0.286. The van der Waals surface area contributed by atoms with E-state index >= 15 is 0 Å². The van der Waals surface area contributed by atoms with Crippen LogP contribution in [0.15, 0.2) is 47.4 Å². The van der Waals surface area contributed by atoms with Crippen LogP contribution in [-0.2, 0) is 10.0 Å². The molecule has 0 unspecified atom stereocenters. The first-order chi connectivity index (χ1) is 14.0. The fourth-order valence-corrected chi connectivity index (χ4v) is 5.44. The summed E-state index contributed by atoms with van der Waals surface area (Å²) in [6.45, 7) is 5.10. The van der Waals surface area contributed by atoms with Crippen LogP contribution in [-0.4, -0.2) is 42.4 Å². The second-order valence-electron chi connectivity index (χ2n) is 6.89. The van der Waals surface area contributed by atoms with Crippen LogP contribution in [0.25, 0.3) is 11.0 Å². The molecule has 1 N–H and O–H groups in total. The number of fused-ring (bicyclic) bond motifs is 1. The van der Waals surface area contributed by atoms with Crippen LogP contribution in [0, 0.1) is 0 Å². The number of imidazole rings is 1. The van der Waals surface area contributed by atoms with Gasteiger partial charge in [0.15, 0.2) is 11.5 Å². The van der Waals surface area contributed by atoms with Crippen LogP contribution in [0.4, 0.5) is 0 Å². The van der Waals surface area contributed by atoms with Crippen molar-refractivity contribution in [2.24, 2.45) is 0 Å². The topological polar surface area (TPSA) is 84.5 Å². The highest BCUT2D eigenvalue weighted by Crippen LogP contribution is 2.38. The molecule has 2 aromatic carbocycles. The Bertz CT molecular complexity index is 1080. The Kier molecular flexibility index (Phi) is 5.47. The standard InChI is InChI=1S/C21H25N3O4S/c1-3-27-19-12-11-15(14-20(19)28-4-2)29(25,26)24-13-7-10-18(24)21-22-16-8-5-6-9-17(16)23-21/h5-6,8-9,11-12,14,18H,3-4,7,10,13H2,1-2H3,(H,22,23)/t18-/m0/s1.